The fourth-order valence-corrected chi connectivity index (χ4v) is 2.58. The summed E-state index contributed by atoms with van der Waals surface area (Å²) in [6, 6.07) is 8.24. The molecule has 6 heteroatoms. The molecule has 1 atom stereocenters. The van der Waals surface area contributed by atoms with Crippen molar-refractivity contribution >= 4 is 21.6 Å². The van der Waals surface area contributed by atoms with Gasteiger partial charge in [-0.15, -0.1) is 0 Å². The molecule has 106 valence electrons. The van der Waals surface area contributed by atoms with Crippen molar-refractivity contribution in [3.05, 3.63) is 63.6 Å². The average molecular weight is 342 g/mol. The Kier molecular flexibility index (Phi) is 4.69. The first-order valence-electron chi connectivity index (χ1n) is 5.95. The number of nitrogens with two attached hydrogens (primary N) is 2. The Morgan fingerprint density at radius 3 is 2.50 bits per heavy atom. The minimum absolute atomic E-state index is 0.350. The molecular weight excluding hydrogens is 328 g/mol. The third-order valence-electron chi connectivity index (χ3n) is 2.99. The SMILES string of the molecule is NNC(Cc1cc(F)cc(Br)c1)c1cc(F)ccc1N. The summed E-state index contributed by atoms with van der Waals surface area (Å²) in [5.74, 6) is 4.77. The van der Waals surface area contributed by atoms with Gasteiger partial charge in [-0.2, -0.15) is 0 Å². The molecule has 2 aromatic rings. The Balaban J connectivity index is 2.31. The highest BCUT2D eigenvalue weighted by Crippen LogP contribution is 2.25. The van der Waals surface area contributed by atoms with Crippen molar-refractivity contribution in [1.82, 2.24) is 5.43 Å². The van der Waals surface area contributed by atoms with Crippen molar-refractivity contribution in [2.24, 2.45) is 5.84 Å². The van der Waals surface area contributed by atoms with E-state index in [1.165, 1.54) is 30.3 Å². The van der Waals surface area contributed by atoms with Gasteiger partial charge in [0, 0.05) is 10.2 Å². The van der Waals surface area contributed by atoms with Gasteiger partial charge in [-0.25, -0.2) is 8.78 Å². The summed E-state index contributed by atoms with van der Waals surface area (Å²) < 4.78 is 27.3. The Bertz CT molecular complexity index is 599. The van der Waals surface area contributed by atoms with Crippen LogP contribution in [0.2, 0.25) is 0 Å². The van der Waals surface area contributed by atoms with Crippen LogP contribution in [0.15, 0.2) is 40.9 Å². The Labute approximate surface area is 124 Å². The molecule has 0 bridgehead atoms. The fourth-order valence-electron chi connectivity index (χ4n) is 2.07. The molecule has 0 fully saturated rings. The molecule has 5 N–H and O–H groups in total. The topological polar surface area (TPSA) is 64.1 Å². The van der Waals surface area contributed by atoms with E-state index in [0.717, 1.165) is 5.56 Å². The lowest BCUT2D eigenvalue weighted by atomic mass is 9.98. The lowest BCUT2D eigenvalue weighted by Gasteiger charge is -2.18. The Morgan fingerprint density at radius 1 is 1.10 bits per heavy atom. The first-order chi connectivity index (χ1) is 9.49. The number of halogens is 3. The highest BCUT2D eigenvalue weighted by Gasteiger charge is 2.15. The van der Waals surface area contributed by atoms with Gasteiger partial charge in [0.2, 0.25) is 0 Å². The van der Waals surface area contributed by atoms with Gasteiger partial charge in [-0.05, 0) is 53.9 Å². The first kappa shape index (κ1) is 14.9. The summed E-state index contributed by atoms with van der Waals surface area (Å²) in [6.45, 7) is 0. The number of anilines is 1. The van der Waals surface area contributed by atoms with E-state index in [1.54, 1.807) is 6.07 Å². The van der Waals surface area contributed by atoms with Crippen LogP contribution in [0.4, 0.5) is 14.5 Å². The quantitative estimate of drug-likeness (QED) is 0.455. The molecular formula is C14H14BrF2N3. The van der Waals surface area contributed by atoms with Crippen molar-refractivity contribution in [3.63, 3.8) is 0 Å². The Morgan fingerprint density at radius 2 is 1.85 bits per heavy atom. The zero-order chi connectivity index (χ0) is 14.7. The van der Waals surface area contributed by atoms with Crippen molar-refractivity contribution in [3.8, 4) is 0 Å². The third-order valence-corrected chi connectivity index (χ3v) is 3.45. The van der Waals surface area contributed by atoms with Gasteiger partial charge in [0.25, 0.3) is 0 Å². The fraction of sp³-hybridized carbons (Fsp3) is 0.143. The maximum Gasteiger partial charge on any atom is 0.124 e. The molecule has 0 heterocycles. The van der Waals surface area contributed by atoms with Crippen LogP contribution < -0.4 is 17.0 Å². The van der Waals surface area contributed by atoms with Gasteiger partial charge >= 0.3 is 0 Å². The Hall–Kier alpha value is -1.50. The normalized spacial score (nSPS) is 12.4. The van der Waals surface area contributed by atoms with Crippen LogP contribution in [0.3, 0.4) is 0 Å². The van der Waals surface area contributed by atoms with Crippen LogP contribution >= 0.6 is 15.9 Å². The zero-order valence-corrected chi connectivity index (χ0v) is 12.1. The van der Waals surface area contributed by atoms with E-state index in [-0.39, 0.29) is 5.82 Å². The molecule has 0 aromatic heterocycles. The standard InChI is InChI=1S/C14H14BrF2N3/c15-9-3-8(4-11(17)6-9)5-14(20-19)12-7-10(16)1-2-13(12)18/h1-4,6-7,14,20H,5,18-19H2. The van der Waals surface area contributed by atoms with Gasteiger partial charge in [-0.1, -0.05) is 15.9 Å². The monoisotopic (exact) mass is 341 g/mol. The van der Waals surface area contributed by atoms with Gasteiger partial charge in [0.05, 0.1) is 6.04 Å². The summed E-state index contributed by atoms with van der Waals surface area (Å²) >= 11 is 3.23. The highest BCUT2D eigenvalue weighted by molar-refractivity contribution is 9.10. The van der Waals surface area contributed by atoms with Crippen LogP contribution in [0.5, 0.6) is 0 Å². The first-order valence-corrected chi connectivity index (χ1v) is 6.75. The number of hydrogen-bond acceptors (Lipinski definition) is 3. The van der Waals surface area contributed by atoms with Crippen LogP contribution in [0.25, 0.3) is 0 Å². The lowest BCUT2D eigenvalue weighted by Crippen LogP contribution is -2.30. The number of benzene rings is 2. The molecule has 0 saturated carbocycles. The molecule has 20 heavy (non-hydrogen) atoms. The second-order valence-electron chi connectivity index (χ2n) is 4.47. The van der Waals surface area contributed by atoms with Crippen LogP contribution in [-0.2, 0) is 6.42 Å². The summed E-state index contributed by atoms with van der Waals surface area (Å²) in [6.07, 6.45) is 0.389. The van der Waals surface area contributed by atoms with Gasteiger partial charge < -0.3 is 5.73 Å². The second kappa shape index (κ2) is 6.30. The van der Waals surface area contributed by atoms with Crippen LogP contribution in [0.1, 0.15) is 17.2 Å². The maximum absolute atomic E-state index is 13.4. The van der Waals surface area contributed by atoms with Gasteiger partial charge in [0.1, 0.15) is 11.6 Å². The van der Waals surface area contributed by atoms with E-state index in [0.29, 0.717) is 22.1 Å². The molecule has 0 radical (unpaired) electrons. The highest BCUT2D eigenvalue weighted by atomic mass is 79.9. The van der Waals surface area contributed by atoms with E-state index in [2.05, 4.69) is 21.4 Å². The molecule has 0 amide bonds. The van der Waals surface area contributed by atoms with E-state index >= 15 is 0 Å². The van der Waals surface area contributed by atoms with E-state index in [4.69, 9.17) is 11.6 Å². The summed E-state index contributed by atoms with van der Waals surface area (Å²) in [7, 11) is 0. The number of hydrogen-bond donors (Lipinski definition) is 3. The molecule has 0 aliphatic carbocycles. The maximum atomic E-state index is 13.4. The van der Waals surface area contributed by atoms with Crippen molar-refractivity contribution < 1.29 is 8.78 Å². The van der Waals surface area contributed by atoms with Gasteiger partial charge in [0.15, 0.2) is 0 Å². The zero-order valence-electron chi connectivity index (χ0n) is 10.5. The summed E-state index contributed by atoms with van der Waals surface area (Å²) in [4.78, 5) is 0. The largest absolute Gasteiger partial charge is 0.398 e. The van der Waals surface area contributed by atoms with Crippen molar-refractivity contribution in [2.45, 2.75) is 12.5 Å². The number of hydrazine groups is 1. The molecule has 0 aliphatic heterocycles. The van der Waals surface area contributed by atoms with E-state index in [9.17, 15) is 8.78 Å². The summed E-state index contributed by atoms with van der Waals surface area (Å²) in [5.41, 5.74) is 10.1. The average Bonchev–Trinajstić information content (AvgIpc) is 2.38. The number of nitrogens with one attached hydrogen (secondary N) is 1. The smallest absolute Gasteiger partial charge is 0.124 e. The van der Waals surface area contributed by atoms with Gasteiger partial charge in [-0.3, -0.25) is 11.3 Å². The molecule has 3 nitrogen and oxygen atoms in total. The number of rotatable bonds is 4. The molecule has 0 saturated heterocycles. The third kappa shape index (κ3) is 3.53. The van der Waals surface area contributed by atoms with E-state index in [1.807, 2.05) is 0 Å². The molecule has 0 aliphatic rings. The minimum Gasteiger partial charge on any atom is -0.398 e. The lowest BCUT2D eigenvalue weighted by molar-refractivity contribution is 0.543. The van der Waals surface area contributed by atoms with Crippen LogP contribution in [-0.4, -0.2) is 0 Å². The van der Waals surface area contributed by atoms with Crippen molar-refractivity contribution in [2.75, 3.05) is 5.73 Å². The van der Waals surface area contributed by atoms with Crippen molar-refractivity contribution in [1.29, 1.82) is 0 Å². The molecule has 0 spiro atoms. The van der Waals surface area contributed by atoms with E-state index < -0.39 is 11.9 Å². The summed E-state index contributed by atoms with van der Waals surface area (Å²) in [5, 5.41) is 0. The molecule has 2 aromatic carbocycles. The number of nitrogen functional groups attached to an aromatic ring is 1. The minimum atomic E-state index is -0.403. The molecule has 2 rings (SSSR count). The second-order valence-corrected chi connectivity index (χ2v) is 5.39. The predicted octanol–water partition coefficient (Wildman–Crippen LogP) is 3.06. The predicted molar refractivity (Wildman–Crippen MR) is 78.7 cm³/mol. The van der Waals surface area contributed by atoms with Crippen LogP contribution in [0, 0.1) is 11.6 Å². The molecule has 1 unspecified atom stereocenters.